The molecule has 21 heavy (non-hydrogen) atoms. The van der Waals surface area contributed by atoms with Gasteiger partial charge in [-0.1, -0.05) is 18.6 Å². The Balaban J connectivity index is 1.66. The number of rotatable bonds is 9. The lowest BCUT2D eigenvalue weighted by molar-refractivity contribution is 0.190. The fraction of sp³-hybridized carbons (Fsp3) is 0.647. The Bertz CT molecular complexity index is 411. The van der Waals surface area contributed by atoms with Crippen LogP contribution in [0, 0.1) is 11.8 Å². The molecule has 4 heteroatoms. The first-order valence-corrected chi connectivity index (χ1v) is 8.01. The number of para-hydroxylation sites is 2. The summed E-state index contributed by atoms with van der Waals surface area (Å²) < 4.78 is 11.3. The van der Waals surface area contributed by atoms with Crippen molar-refractivity contribution in [3.8, 4) is 11.5 Å². The summed E-state index contributed by atoms with van der Waals surface area (Å²) in [5, 5.41) is 12.7. The molecular weight excluding hydrogens is 266 g/mol. The van der Waals surface area contributed by atoms with Crippen LogP contribution in [-0.4, -0.2) is 38.0 Å². The van der Waals surface area contributed by atoms with E-state index in [2.05, 4.69) is 5.32 Å². The van der Waals surface area contributed by atoms with Crippen molar-refractivity contribution in [1.29, 1.82) is 0 Å². The molecular formula is C17H27NO3. The quantitative estimate of drug-likeness (QED) is 0.687. The zero-order valence-corrected chi connectivity index (χ0v) is 12.9. The molecule has 1 aliphatic carbocycles. The molecule has 1 aliphatic rings. The molecule has 0 spiro atoms. The third kappa shape index (κ3) is 4.90. The monoisotopic (exact) mass is 293 g/mol. The minimum absolute atomic E-state index is 0.324. The molecule has 0 amide bonds. The summed E-state index contributed by atoms with van der Waals surface area (Å²) in [5.41, 5.74) is 0. The number of hydrogen-bond donors (Lipinski definition) is 2. The van der Waals surface area contributed by atoms with Crippen LogP contribution in [0.15, 0.2) is 24.3 Å². The topological polar surface area (TPSA) is 50.7 Å². The van der Waals surface area contributed by atoms with Gasteiger partial charge in [0.15, 0.2) is 11.5 Å². The molecule has 1 aromatic rings. The zero-order chi connectivity index (χ0) is 14.9. The van der Waals surface area contributed by atoms with E-state index < -0.39 is 0 Å². The lowest BCUT2D eigenvalue weighted by Crippen LogP contribution is -2.29. The van der Waals surface area contributed by atoms with Crippen molar-refractivity contribution in [3.05, 3.63) is 24.3 Å². The highest BCUT2D eigenvalue weighted by Gasteiger charge is 2.25. The highest BCUT2D eigenvalue weighted by Crippen LogP contribution is 2.30. The van der Waals surface area contributed by atoms with Gasteiger partial charge >= 0.3 is 0 Å². The van der Waals surface area contributed by atoms with Crippen molar-refractivity contribution < 1.29 is 14.6 Å². The van der Waals surface area contributed by atoms with Gasteiger partial charge in [-0.15, -0.1) is 0 Å². The smallest absolute Gasteiger partial charge is 0.161 e. The average Bonchev–Trinajstić information content (AvgIpc) is 2.96. The molecule has 0 radical (unpaired) electrons. The second-order valence-electron chi connectivity index (χ2n) is 5.57. The van der Waals surface area contributed by atoms with Crippen molar-refractivity contribution in [2.24, 2.45) is 11.8 Å². The van der Waals surface area contributed by atoms with Crippen LogP contribution in [0.25, 0.3) is 0 Å². The van der Waals surface area contributed by atoms with Crippen LogP contribution in [0.3, 0.4) is 0 Å². The van der Waals surface area contributed by atoms with Gasteiger partial charge < -0.3 is 19.9 Å². The molecule has 2 unspecified atom stereocenters. The fourth-order valence-electron chi connectivity index (χ4n) is 2.99. The molecule has 2 atom stereocenters. The first-order valence-electron chi connectivity index (χ1n) is 8.01. The Kier molecular flexibility index (Phi) is 6.83. The molecule has 0 bridgehead atoms. The molecule has 4 nitrogen and oxygen atoms in total. The maximum atomic E-state index is 9.30. The number of ether oxygens (including phenoxy) is 2. The molecule has 1 saturated carbocycles. The summed E-state index contributed by atoms with van der Waals surface area (Å²) in [5.74, 6) is 2.70. The fourth-order valence-corrected chi connectivity index (χ4v) is 2.99. The average molecular weight is 293 g/mol. The van der Waals surface area contributed by atoms with E-state index in [0.717, 1.165) is 24.6 Å². The van der Waals surface area contributed by atoms with E-state index >= 15 is 0 Å². The van der Waals surface area contributed by atoms with E-state index in [1.54, 1.807) is 0 Å². The van der Waals surface area contributed by atoms with E-state index in [9.17, 15) is 5.11 Å². The van der Waals surface area contributed by atoms with Crippen LogP contribution < -0.4 is 14.8 Å². The minimum Gasteiger partial charge on any atom is -0.490 e. The van der Waals surface area contributed by atoms with Crippen LogP contribution in [0.1, 0.15) is 26.2 Å². The number of aliphatic hydroxyl groups excluding tert-OH is 1. The van der Waals surface area contributed by atoms with Crippen LogP contribution in [-0.2, 0) is 0 Å². The Morgan fingerprint density at radius 1 is 1.14 bits per heavy atom. The second kappa shape index (κ2) is 8.90. The molecule has 2 N–H and O–H groups in total. The third-order valence-corrected chi connectivity index (χ3v) is 4.14. The normalized spacial score (nSPS) is 21.4. The van der Waals surface area contributed by atoms with Gasteiger partial charge in [-0.2, -0.15) is 0 Å². The van der Waals surface area contributed by atoms with Crippen LogP contribution >= 0.6 is 0 Å². The van der Waals surface area contributed by atoms with E-state index in [-0.39, 0.29) is 0 Å². The van der Waals surface area contributed by atoms with E-state index in [1.165, 1.54) is 19.3 Å². The van der Waals surface area contributed by atoms with Crippen molar-refractivity contribution in [3.63, 3.8) is 0 Å². The number of benzene rings is 1. The molecule has 118 valence electrons. The van der Waals surface area contributed by atoms with Gasteiger partial charge in [-0.25, -0.2) is 0 Å². The molecule has 0 aliphatic heterocycles. The minimum atomic E-state index is 0.324. The van der Waals surface area contributed by atoms with Gasteiger partial charge in [0.1, 0.15) is 6.61 Å². The van der Waals surface area contributed by atoms with Gasteiger partial charge in [0.05, 0.1) is 6.61 Å². The second-order valence-corrected chi connectivity index (χ2v) is 5.57. The van der Waals surface area contributed by atoms with Gasteiger partial charge in [-0.05, 0) is 50.3 Å². The summed E-state index contributed by atoms with van der Waals surface area (Å²) in [6.07, 6.45) is 3.64. The SMILES string of the molecule is CCOc1ccccc1OCCNCC1CCCC1CO. The molecule has 2 rings (SSSR count). The van der Waals surface area contributed by atoms with E-state index in [4.69, 9.17) is 9.47 Å². The summed E-state index contributed by atoms with van der Waals surface area (Å²) in [6, 6.07) is 7.77. The van der Waals surface area contributed by atoms with Gasteiger partial charge in [0.2, 0.25) is 0 Å². The molecule has 1 aromatic carbocycles. The van der Waals surface area contributed by atoms with Gasteiger partial charge in [0.25, 0.3) is 0 Å². The molecule has 0 heterocycles. The van der Waals surface area contributed by atoms with Crippen molar-refractivity contribution in [1.82, 2.24) is 5.32 Å². The van der Waals surface area contributed by atoms with Crippen LogP contribution in [0.5, 0.6) is 11.5 Å². The van der Waals surface area contributed by atoms with E-state index in [0.29, 0.717) is 31.7 Å². The number of hydrogen-bond acceptors (Lipinski definition) is 4. The predicted octanol–water partition coefficient (Wildman–Crippen LogP) is 2.46. The van der Waals surface area contributed by atoms with Gasteiger partial charge in [0, 0.05) is 13.2 Å². The highest BCUT2D eigenvalue weighted by atomic mass is 16.5. The van der Waals surface area contributed by atoms with Crippen LogP contribution in [0.2, 0.25) is 0 Å². The largest absolute Gasteiger partial charge is 0.490 e. The van der Waals surface area contributed by atoms with Crippen LogP contribution in [0.4, 0.5) is 0 Å². The third-order valence-electron chi connectivity index (χ3n) is 4.14. The number of aliphatic hydroxyl groups is 1. The Hall–Kier alpha value is -1.26. The summed E-state index contributed by atoms with van der Waals surface area (Å²) >= 11 is 0. The van der Waals surface area contributed by atoms with Crippen molar-refractivity contribution >= 4 is 0 Å². The standard InChI is InChI=1S/C17H27NO3/c1-2-20-16-8-3-4-9-17(16)21-11-10-18-12-14-6-5-7-15(14)13-19/h3-4,8-9,14-15,18-19H,2,5-7,10-13H2,1H3. The van der Waals surface area contributed by atoms with Gasteiger partial charge in [-0.3, -0.25) is 0 Å². The Morgan fingerprint density at radius 2 is 1.86 bits per heavy atom. The highest BCUT2D eigenvalue weighted by molar-refractivity contribution is 5.39. The lowest BCUT2D eigenvalue weighted by Gasteiger charge is -2.18. The maximum Gasteiger partial charge on any atom is 0.161 e. The first kappa shape index (κ1) is 16.1. The van der Waals surface area contributed by atoms with E-state index in [1.807, 2.05) is 31.2 Å². The maximum absolute atomic E-state index is 9.30. The first-order chi connectivity index (χ1) is 10.3. The summed E-state index contributed by atoms with van der Waals surface area (Å²) in [7, 11) is 0. The van der Waals surface area contributed by atoms with Crippen molar-refractivity contribution in [2.45, 2.75) is 26.2 Å². The Labute approximate surface area is 127 Å². The summed E-state index contributed by atoms with van der Waals surface area (Å²) in [6.45, 7) is 5.35. The lowest BCUT2D eigenvalue weighted by atomic mass is 9.97. The predicted molar refractivity (Wildman–Crippen MR) is 83.9 cm³/mol. The molecule has 0 aromatic heterocycles. The summed E-state index contributed by atoms with van der Waals surface area (Å²) in [4.78, 5) is 0. The molecule has 1 fully saturated rings. The Morgan fingerprint density at radius 3 is 2.57 bits per heavy atom. The number of nitrogens with one attached hydrogen (secondary N) is 1. The van der Waals surface area contributed by atoms with Crippen molar-refractivity contribution in [2.75, 3.05) is 32.9 Å². The molecule has 0 saturated heterocycles. The zero-order valence-electron chi connectivity index (χ0n) is 12.9.